The number of nitrogens with two attached hydrogens (primary N) is 1. The summed E-state index contributed by atoms with van der Waals surface area (Å²) in [5, 5.41) is 5.88. The maximum absolute atomic E-state index is 11.7. The van der Waals surface area contributed by atoms with Gasteiger partial charge in [-0.2, -0.15) is 18.3 Å². The Bertz CT molecular complexity index is 357. The lowest BCUT2D eigenvalue weighted by Crippen LogP contribution is -2.19. The van der Waals surface area contributed by atoms with Gasteiger partial charge in [0.1, 0.15) is 13.2 Å². The van der Waals surface area contributed by atoms with Crippen molar-refractivity contribution in [1.29, 1.82) is 0 Å². The first-order valence-corrected chi connectivity index (χ1v) is 3.87. The van der Waals surface area contributed by atoms with Crippen LogP contribution in [-0.2, 0) is 11.3 Å². The predicted octanol–water partition coefficient (Wildman–Crippen LogP) is 0.733. The first-order chi connectivity index (χ1) is 6.40. The highest BCUT2D eigenvalue weighted by Crippen LogP contribution is 2.14. The fourth-order valence-electron chi connectivity index (χ4n) is 0.697. The molecule has 0 unspecified atom stereocenters. The average molecular weight is 228 g/mol. The standard InChI is InChI=1S/C5H7F3N4OS/c6-5(7,8)2-13-1-3-10-11-4(14)12(3)9/h1-2,9H2,(H,11,14). The Morgan fingerprint density at radius 3 is 2.64 bits per heavy atom. The van der Waals surface area contributed by atoms with Crippen LogP contribution in [0.3, 0.4) is 0 Å². The molecule has 0 bridgehead atoms. The van der Waals surface area contributed by atoms with Gasteiger partial charge in [-0.1, -0.05) is 0 Å². The number of halogens is 3. The van der Waals surface area contributed by atoms with E-state index in [0.29, 0.717) is 0 Å². The van der Waals surface area contributed by atoms with Crippen molar-refractivity contribution >= 4 is 12.2 Å². The molecule has 0 amide bonds. The van der Waals surface area contributed by atoms with Crippen LogP contribution in [0.4, 0.5) is 13.2 Å². The second kappa shape index (κ2) is 3.96. The minimum absolute atomic E-state index is 0.110. The molecule has 0 radical (unpaired) electrons. The van der Waals surface area contributed by atoms with Gasteiger partial charge in [0.15, 0.2) is 5.82 Å². The summed E-state index contributed by atoms with van der Waals surface area (Å²) in [4.78, 5) is 0. The molecular formula is C5H7F3N4OS. The van der Waals surface area contributed by atoms with Gasteiger partial charge in [0, 0.05) is 0 Å². The molecule has 0 saturated heterocycles. The Morgan fingerprint density at radius 1 is 1.57 bits per heavy atom. The summed E-state index contributed by atoms with van der Waals surface area (Å²) in [6, 6.07) is 0. The lowest BCUT2D eigenvalue weighted by Gasteiger charge is -2.06. The summed E-state index contributed by atoms with van der Waals surface area (Å²) in [6.07, 6.45) is -4.35. The monoisotopic (exact) mass is 228 g/mol. The summed E-state index contributed by atoms with van der Waals surface area (Å²) in [7, 11) is 0. The molecule has 1 rings (SSSR count). The second-order valence-corrected chi connectivity index (χ2v) is 2.81. The highest BCUT2D eigenvalue weighted by Gasteiger charge is 2.27. The maximum Gasteiger partial charge on any atom is 0.411 e. The van der Waals surface area contributed by atoms with Gasteiger partial charge in [-0.15, -0.1) is 0 Å². The number of hydrogen-bond donors (Lipinski definition) is 2. The van der Waals surface area contributed by atoms with Gasteiger partial charge in [0.25, 0.3) is 0 Å². The number of nitrogens with zero attached hydrogens (tertiary/aromatic N) is 2. The molecule has 0 aliphatic heterocycles. The Morgan fingerprint density at radius 2 is 2.21 bits per heavy atom. The highest BCUT2D eigenvalue weighted by molar-refractivity contribution is 7.71. The van der Waals surface area contributed by atoms with Gasteiger partial charge >= 0.3 is 6.18 Å². The molecule has 80 valence electrons. The van der Waals surface area contributed by atoms with E-state index in [0.717, 1.165) is 4.68 Å². The summed E-state index contributed by atoms with van der Waals surface area (Å²) in [5.74, 6) is 5.42. The fraction of sp³-hybridized carbons (Fsp3) is 0.600. The van der Waals surface area contributed by atoms with Crippen molar-refractivity contribution < 1.29 is 17.9 Å². The molecule has 1 heterocycles. The highest BCUT2D eigenvalue weighted by atomic mass is 32.1. The largest absolute Gasteiger partial charge is 0.411 e. The number of nitrogens with one attached hydrogen (secondary N) is 1. The van der Waals surface area contributed by atoms with Crippen LogP contribution in [0.25, 0.3) is 0 Å². The van der Waals surface area contributed by atoms with Crippen molar-refractivity contribution in [2.75, 3.05) is 12.4 Å². The van der Waals surface area contributed by atoms with Gasteiger partial charge in [-0.25, -0.2) is 4.68 Å². The van der Waals surface area contributed by atoms with E-state index >= 15 is 0 Å². The number of hydrogen-bond acceptors (Lipinski definition) is 4. The Balaban J connectivity index is 2.47. The Kier molecular flexibility index (Phi) is 3.11. The maximum atomic E-state index is 11.7. The van der Waals surface area contributed by atoms with E-state index in [2.05, 4.69) is 27.2 Å². The van der Waals surface area contributed by atoms with Crippen LogP contribution in [0.2, 0.25) is 0 Å². The number of ether oxygens (including phenoxy) is 1. The van der Waals surface area contributed by atoms with Crippen LogP contribution in [-0.4, -0.2) is 27.7 Å². The predicted molar refractivity (Wildman–Crippen MR) is 43.3 cm³/mol. The summed E-state index contributed by atoms with van der Waals surface area (Å²) in [6.45, 7) is -1.68. The number of rotatable bonds is 3. The molecule has 0 aliphatic carbocycles. The van der Waals surface area contributed by atoms with E-state index in [-0.39, 0.29) is 17.2 Å². The van der Waals surface area contributed by atoms with Gasteiger partial charge < -0.3 is 10.6 Å². The van der Waals surface area contributed by atoms with Crippen LogP contribution in [0.5, 0.6) is 0 Å². The topological polar surface area (TPSA) is 68.9 Å². The zero-order chi connectivity index (χ0) is 10.8. The molecule has 0 spiro atoms. The number of alkyl halides is 3. The lowest BCUT2D eigenvalue weighted by molar-refractivity contribution is -0.177. The lowest BCUT2D eigenvalue weighted by atomic mass is 10.6. The molecule has 5 nitrogen and oxygen atoms in total. The first kappa shape index (κ1) is 11.0. The zero-order valence-corrected chi connectivity index (χ0v) is 7.65. The zero-order valence-electron chi connectivity index (χ0n) is 6.84. The molecule has 0 aliphatic rings. The van der Waals surface area contributed by atoms with Gasteiger partial charge in [0.05, 0.1) is 0 Å². The van der Waals surface area contributed by atoms with Crippen LogP contribution in [0.1, 0.15) is 5.82 Å². The van der Waals surface area contributed by atoms with Crippen molar-refractivity contribution in [2.24, 2.45) is 0 Å². The minimum Gasteiger partial charge on any atom is -0.364 e. The number of aromatic nitrogens is 3. The van der Waals surface area contributed by atoms with E-state index in [1.54, 1.807) is 0 Å². The van der Waals surface area contributed by atoms with Crippen molar-refractivity contribution in [1.82, 2.24) is 14.9 Å². The fourth-order valence-corrected chi connectivity index (χ4v) is 0.848. The van der Waals surface area contributed by atoms with E-state index < -0.39 is 12.8 Å². The van der Waals surface area contributed by atoms with Crippen LogP contribution >= 0.6 is 12.2 Å². The van der Waals surface area contributed by atoms with E-state index in [1.807, 2.05) is 0 Å². The first-order valence-electron chi connectivity index (χ1n) is 3.46. The molecule has 0 atom stereocenters. The number of aromatic amines is 1. The Labute approximate surface area is 81.6 Å². The third kappa shape index (κ3) is 3.00. The van der Waals surface area contributed by atoms with Gasteiger partial charge in [-0.3, -0.25) is 5.10 Å². The molecule has 9 heteroatoms. The second-order valence-electron chi connectivity index (χ2n) is 2.42. The molecular weight excluding hydrogens is 221 g/mol. The Hall–Kier alpha value is -1.09. The van der Waals surface area contributed by atoms with Crippen LogP contribution < -0.4 is 5.84 Å². The third-order valence-electron chi connectivity index (χ3n) is 1.27. The molecule has 1 aromatic heterocycles. The quantitative estimate of drug-likeness (QED) is 0.591. The molecule has 0 fully saturated rings. The molecule has 0 saturated carbocycles. The minimum atomic E-state index is -4.35. The SMILES string of the molecule is Nn1c(COCC(F)(F)F)n[nH]c1=S. The van der Waals surface area contributed by atoms with Crippen molar-refractivity contribution in [3.05, 3.63) is 10.6 Å². The summed E-state index contributed by atoms with van der Waals surface area (Å²) >= 11 is 4.64. The summed E-state index contributed by atoms with van der Waals surface area (Å²) in [5.41, 5.74) is 0. The van der Waals surface area contributed by atoms with Gasteiger partial charge in [0.2, 0.25) is 4.77 Å². The van der Waals surface area contributed by atoms with Crippen molar-refractivity contribution in [3.63, 3.8) is 0 Å². The smallest absolute Gasteiger partial charge is 0.364 e. The average Bonchev–Trinajstić information content (AvgIpc) is 2.33. The van der Waals surface area contributed by atoms with Crippen molar-refractivity contribution in [3.8, 4) is 0 Å². The molecule has 3 N–H and O–H groups in total. The van der Waals surface area contributed by atoms with E-state index in [9.17, 15) is 13.2 Å². The van der Waals surface area contributed by atoms with Crippen molar-refractivity contribution in [2.45, 2.75) is 12.8 Å². The molecule has 1 aromatic rings. The summed E-state index contributed by atoms with van der Waals surface area (Å²) < 4.78 is 40.4. The van der Waals surface area contributed by atoms with E-state index in [4.69, 9.17) is 5.84 Å². The van der Waals surface area contributed by atoms with E-state index in [1.165, 1.54) is 0 Å². The number of nitrogen functional groups attached to an aromatic ring is 1. The van der Waals surface area contributed by atoms with Gasteiger partial charge in [-0.05, 0) is 12.2 Å². The molecule has 14 heavy (non-hydrogen) atoms. The van der Waals surface area contributed by atoms with Crippen LogP contribution in [0, 0.1) is 4.77 Å². The third-order valence-corrected chi connectivity index (χ3v) is 1.56. The van der Waals surface area contributed by atoms with Crippen LogP contribution in [0.15, 0.2) is 0 Å². The molecule has 0 aromatic carbocycles. The number of H-pyrrole nitrogens is 1. The normalized spacial score (nSPS) is 11.9.